The van der Waals surface area contributed by atoms with Gasteiger partial charge in [0.2, 0.25) is 0 Å². The quantitative estimate of drug-likeness (QED) is 0.842. The molecule has 96 valence electrons. The van der Waals surface area contributed by atoms with Crippen molar-refractivity contribution >= 4 is 0 Å². The monoisotopic (exact) mass is 246 g/mol. The third-order valence-corrected chi connectivity index (χ3v) is 2.84. The van der Waals surface area contributed by atoms with E-state index in [0.717, 1.165) is 6.07 Å². The van der Waals surface area contributed by atoms with Gasteiger partial charge in [-0.15, -0.1) is 0 Å². The smallest absolute Gasteiger partial charge is 0.304 e. The molecule has 0 atom stereocenters. The van der Waals surface area contributed by atoms with Crippen molar-refractivity contribution in [2.24, 2.45) is 0 Å². The van der Waals surface area contributed by atoms with E-state index < -0.39 is 22.9 Å². The zero-order valence-electron chi connectivity index (χ0n) is 10.2. The molecule has 0 heterocycles. The lowest BCUT2D eigenvalue weighted by Crippen LogP contribution is -2.33. The molecular weight excluding hydrogens is 229 g/mol. The molecule has 1 nitrogen and oxygen atoms in total. The minimum Gasteiger partial charge on any atom is -0.383 e. The third-order valence-electron chi connectivity index (χ3n) is 2.84. The summed E-state index contributed by atoms with van der Waals surface area (Å²) in [5.41, 5.74) is -2.58. The summed E-state index contributed by atoms with van der Waals surface area (Å²) in [4.78, 5) is 0. The van der Waals surface area contributed by atoms with Crippen molar-refractivity contribution < 1.29 is 18.3 Å². The standard InChI is InChI=1S/C11H11F3O.C2H6/c1-7-3-2-4-8(9(7)12)11(13,14)10(15)5-6-10;1-2/h2-4,15H,5-6H2,1H3;1-2H3. The van der Waals surface area contributed by atoms with Crippen LogP contribution < -0.4 is 0 Å². The summed E-state index contributed by atoms with van der Waals surface area (Å²) in [6.07, 6.45) is 0.0424. The zero-order valence-corrected chi connectivity index (χ0v) is 10.2. The van der Waals surface area contributed by atoms with Crippen LogP contribution in [0.4, 0.5) is 13.2 Å². The molecule has 1 saturated carbocycles. The van der Waals surface area contributed by atoms with Crippen molar-refractivity contribution in [3.05, 3.63) is 35.1 Å². The van der Waals surface area contributed by atoms with E-state index in [9.17, 15) is 18.3 Å². The highest BCUT2D eigenvalue weighted by Gasteiger charge is 2.62. The van der Waals surface area contributed by atoms with Crippen LogP contribution in [-0.4, -0.2) is 10.7 Å². The second-order valence-corrected chi connectivity index (χ2v) is 4.04. The molecule has 0 amide bonds. The predicted octanol–water partition coefficient (Wildman–Crippen LogP) is 3.78. The first-order valence-electron chi connectivity index (χ1n) is 5.74. The fourth-order valence-corrected chi connectivity index (χ4v) is 1.57. The Kier molecular flexibility index (Phi) is 3.87. The molecule has 0 unspecified atom stereocenters. The summed E-state index contributed by atoms with van der Waals surface area (Å²) < 4.78 is 40.8. The van der Waals surface area contributed by atoms with Gasteiger partial charge in [-0.25, -0.2) is 4.39 Å². The van der Waals surface area contributed by atoms with E-state index in [0.29, 0.717) is 0 Å². The zero-order chi connectivity index (χ0) is 13.3. The third kappa shape index (κ3) is 2.32. The molecule has 1 aliphatic rings. The molecule has 0 bridgehead atoms. The Hall–Kier alpha value is -1.03. The first kappa shape index (κ1) is 14.0. The molecule has 1 N–H and O–H groups in total. The van der Waals surface area contributed by atoms with Gasteiger partial charge in [0.25, 0.3) is 0 Å². The number of rotatable bonds is 2. The fraction of sp³-hybridized carbons (Fsp3) is 0.538. The molecule has 1 aromatic carbocycles. The van der Waals surface area contributed by atoms with Gasteiger partial charge in [0, 0.05) is 0 Å². The number of alkyl halides is 2. The van der Waals surface area contributed by atoms with Gasteiger partial charge in [-0.2, -0.15) is 8.78 Å². The minimum atomic E-state index is -3.50. The lowest BCUT2D eigenvalue weighted by Gasteiger charge is -2.23. The van der Waals surface area contributed by atoms with Crippen molar-refractivity contribution in [3.63, 3.8) is 0 Å². The summed E-state index contributed by atoms with van der Waals surface area (Å²) in [7, 11) is 0. The highest BCUT2D eigenvalue weighted by atomic mass is 19.3. The van der Waals surface area contributed by atoms with Crippen molar-refractivity contribution in [2.45, 2.75) is 45.1 Å². The van der Waals surface area contributed by atoms with E-state index in [1.54, 1.807) is 0 Å². The summed E-state index contributed by atoms with van der Waals surface area (Å²) in [6.45, 7) is 5.42. The van der Waals surface area contributed by atoms with Crippen molar-refractivity contribution in [1.82, 2.24) is 0 Å². The Labute approximate surface area is 99.3 Å². The van der Waals surface area contributed by atoms with Gasteiger partial charge in [0.05, 0.1) is 5.56 Å². The van der Waals surface area contributed by atoms with Gasteiger partial charge < -0.3 is 5.11 Å². The SMILES string of the molecule is CC.Cc1cccc(C(F)(F)C2(O)CC2)c1F. The number of hydrogen-bond donors (Lipinski definition) is 1. The second-order valence-electron chi connectivity index (χ2n) is 4.04. The average molecular weight is 246 g/mol. The van der Waals surface area contributed by atoms with Crippen LogP contribution in [0.25, 0.3) is 0 Å². The highest BCUT2D eigenvalue weighted by molar-refractivity contribution is 5.32. The molecule has 0 aliphatic heterocycles. The summed E-state index contributed by atoms with van der Waals surface area (Å²) >= 11 is 0. The van der Waals surface area contributed by atoms with Crippen LogP contribution in [0.5, 0.6) is 0 Å². The van der Waals surface area contributed by atoms with E-state index in [1.807, 2.05) is 13.8 Å². The first-order valence-corrected chi connectivity index (χ1v) is 5.74. The molecule has 17 heavy (non-hydrogen) atoms. The molecule has 0 aromatic heterocycles. The van der Waals surface area contributed by atoms with Crippen LogP contribution in [0.1, 0.15) is 37.8 Å². The van der Waals surface area contributed by atoms with Crippen molar-refractivity contribution in [1.29, 1.82) is 0 Å². The Morgan fingerprint density at radius 1 is 1.24 bits per heavy atom. The van der Waals surface area contributed by atoms with Gasteiger partial charge in [-0.3, -0.25) is 0 Å². The van der Waals surface area contributed by atoms with E-state index in [4.69, 9.17) is 0 Å². The highest BCUT2D eigenvalue weighted by Crippen LogP contribution is 2.54. The predicted molar refractivity (Wildman–Crippen MR) is 60.6 cm³/mol. The number of halogens is 3. The summed E-state index contributed by atoms with van der Waals surface area (Å²) in [5.74, 6) is -4.42. The Morgan fingerprint density at radius 3 is 2.24 bits per heavy atom. The van der Waals surface area contributed by atoms with Crippen LogP contribution in [0.2, 0.25) is 0 Å². The Morgan fingerprint density at radius 2 is 1.76 bits per heavy atom. The average Bonchev–Trinajstić information content (AvgIpc) is 3.05. The van der Waals surface area contributed by atoms with E-state index in [2.05, 4.69) is 0 Å². The summed E-state index contributed by atoms with van der Waals surface area (Å²) in [6, 6.07) is 3.82. The van der Waals surface area contributed by atoms with Crippen molar-refractivity contribution in [3.8, 4) is 0 Å². The number of benzene rings is 1. The number of aliphatic hydroxyl groups is 1. The van der Waals surface area contributed by atoms with Crippen LogP contribution in [0.3, 0.4) is 0 Å². The molecular formula is C13H17F3O. The maximum Gasteiger partial charge on any atom is 0.304 e. The van der Waals surface area contributed by atoms with Gasteiger partial charge in [0.1, 0.15) is 11.4 Å². The van der Waals surface area contributed by atoms with E-state index in [1.165, 1.54) is 19.1 Å². The molecule has 1 fully saturated rings. The van der Waals surface area contributed by atoms with Crippen molar-refractivity contribution in [2.75, 3.05) is 0 Å². The Bertz CT molecular complexity index is 398. The maximum atomic E-state index is 13.7. The first-order chi connectivity index (χ1) is 7.88. The Balaban J connectivity index is 0.000000686. The lowest BCUT2D eigenvalue weighted by molar-refractivity contribution is -0.134. The van der Waals surface area contributed by atoms with Crippen LogP contribution >= 0.6 is 0 Å². The normalized spacial score (nSPS) is 17.1. The fourth-order valence-electron chi connectivity index (χ4n) is 1.57. The molecule has 4 heteroatoms. The van der Waals surface area contributed by atoms with Crippen LogP contribution in [0.15, 0.2) is 18.2 Å². The maximum absolute atomic E-state index is 13.7. The second kappa shape index (κ2) is 4.69. The minimum absolute atomic E-state index is 0.0212. The largest absolute Gasteiger partial charge is 0.383 e. The van der Waals surface area contributed by atoms with Gasteiger partial charge in [0.15, 0.2) is 0 Å². The van der Waals surface area contributed by atoms with Gasteiger partial charge in [-0.1, -0.05) is 26.0 Å². The van der Waals surface area contributed by atoms with Gasteiger partial charge in [-0.05, 0) is 31.4 Å². The van der Waals surface area contributed by atoms with Gasteiger partial charge >= 0.3 is 5.92 Å². The van der Waals surface area contributed by atoms with Crippen LogP contribution in [0, 0.1) is 12.7 Å². The number of aryl methyl sites for hydroxylation is 1. The number of hydrogen-bond acceptors (Lipinski definition) is 1. The molecule has 0 radical (unpaired) electrons. The summed E-state index contributed by atoms with van der Waals surface area (Å²) in [5, 5.41) is 9.41. The molecule has 2 rings (SSSR count). The van der Waals surface area contributed by atoms with E-state index in [-0.39, 0.29) is 18.4 Å². The molecule has 1 aliphatic carbocycles. The molecule has 1 aromatic rings. The lowest BCUT2D eigenvalue weighted by atomic mass is 9.99. The van der Waals surface area contributed by atoms with E-state index >= 15 is 0 Å². The topological polar surface area (TPSA) is 20.2 Å². The van der Waals surface area contributed by atoms with Crippen LogP contribution in [-0.2, 0) is 5.92 Å². The molecule has 0 spiro atoms. The molecule has 0 saturated heterocycles.